The van der Waals surface area contributed by atoms with Crippen molar-refractivity contribution in [3.63, 3.8) is 0 Å². The number of carboxylic acids is 1. The number of fused-ring (bicyclic) bond motifs is 1. The van der Waals surface area contributed by atoms with E-state index in [-0.39, 0.29) is 6.04 Å². The molecule has 1 N–H and O–H groups in total. The van der Waals surface area contributed by atoms with E-state index in [2.05, 4.69) is 52.5 Å². The van der Waals surface area contributed by atoms with Crippen molar-refractivity contribution >= 4 is 28.6 Å². The molecule has 0 radical (unpaired) electrons. The highest BCUT2D eigenvalue weighted by atomic mass is 32.2. The number of aromatic nitrogens is 1. The average molecular weight is 393 g/mol. The van der Waals surface area contributed by atoms with Gasteiger partial charge in [0.25, 0.3) is 0 Å². The van der Waals surface area contributed by atoms with Gasteiger partial charge in [-0.25, -0.2) is 0 Å². The number of thioether (sulfide) groups is 1. The maximum absolute atomic E-state index is 12.0. The van der Waals surface area contributed by atoms with Crippen molar-refractivity contribution in [3.05, 3.63) is 71.9 Å². The maximum Gasteiger partial charge on any atom is 0.320 e. The summed E-state index contributed by atoms with van der Waals surface area (Å²) in [6.07, 6.45) is 6.63. The maximum atomic E-state index is 12.0. The topological polar surface area (TPSA) is 53.4 Å². The standard InChI is InChI=1S/C23H24N2O2S/c1-28-19-11-9-16(10-12-19)22(25-13-5-4-8-21(25)23(26)27)18-14-17-6-2-3-7-20(17)24-15-18/h2-3,6-7,9-12,14-15,21-22H,4-5,8,13H2,1H3,(H,26,27). The first-order chi connectivity index (χ1) is 13.7. The third-order valence-electron chi connectivity index (χ3n) is 5.52. The molecule has 1 saturated heterocycles. The van der Waals surface area contributed by atoms with Crippen LogP contribution in [0.2, 0.25) is 0 Å². The molecule has 0 amide bonds. The normalized spacial score (nSPS) is 18.8. The first-order valence-electron chi connectivity index (χ1n) is 9.64. The minimum absolute atomic E-state index is 0.116. The second kappa shape index (κ2) is 8.33. The Morgan fingerprint density at radius 3 is 2.68 bits per heavy atom. The quantitative estimate of drug-likeness (QED) is 0.620. The highest BCUT2D eigenvalue weighted by Gasteiger charge is 2.35. The molecule has 0 bridgehead atoms. The van der Waals surface area contributed by atoms with Crippen LogP contribution in [0.1, 0.15) is 36.4 Å². The Hall–Kier alpha value is -2.37. The SMILES string of the molecule is CSc1ccc(C(c2cnc3ccccc3c2)N2CCCCC2C(=O)O)cc1. The monoisotopic (exact) mass is 392 g/mol. The molecule has 2 atom stereocenters. The summed E-state index contributed by atoms with van der Waals surface area (Å²) in [7, 11) is 0. The van der Waals surface area contributed by atoms with Crippen LogP contribution in [0.25, 0.3) is 10.9 Å². The summed E-state index contributed by atoms with van der Waals surface area (Å²) in [4.78, 5) is 20.0. The molecule has 5 heteroatoms. The Kier molecular flexibility index (Phi) is 5.64. The molecule has 4 nitrogen and oxygen atoms in total. The van der Waals surface area contributed by atoms with Gasteiger partial charge in [0, 0.05) is 16.5 Å². The van der Waals surface area contributed by atoms with Gasteiger partial charge >= 0.3 is 5.97 Å². The predicted molar refractivity (Wildman–Crippen MR) is 114 cm³/mol. The van der Waals surface area contributed by atoms with Gasteiger partial charge in [0.1, 0.15) is 6.04 Å². The molecule has 0 saturated carbocycles. The average Bonchev–Trinajstić information content (AvgIpc) is 2.74. The van der Waals surface area contributed by atoms with Gasteiger partial charge in [0.2, 0.25) is 0 Å². The summed E-state index contributed by atoms with van der Waals surface area (Å²) in [6, 6.07) is 18.1. The molecule has 2 unspecified atom stereocenters. The summed E-state index contributed by atoms with van der Waals surface area (Å²) >= 11 is 1.71. The molecule has 2 aromatic carbocycles. The van der Waals surface area contributed by atoms with Crippen molar-refractivity contribution in [1.82, 2.24) is 9.88 Å². The Labute approximate surface area is 169 Å². The molecule has 0 spiro atoms. The summed E-state index contributed by atoms with van der Waals surface area (Å²) in [6.45, 7) is 0.777. The van der Waals surface area contributed by atoms with Crippen LogP contribution < -0.4 is 0 Å². The Bertz CT molecular complexity index is 974. The number of likely N-dealkylation sites (tertiary alicyclic amines) is 1. The van der Waals surface area contributed by atoms with Crippen LogP contribution in [-0.2, 0) is 4.79 Å². The van der Waals surface area contributed by atoms with Crippen LogP contribution in [0.15, 0.2) is 65.7 Å². The molecule has 0 aliphatic carbocycles. The van der Waals surface area contributed by atoms with E-state index in [1.54, 1.807) is 11.8 Å². The molecule has 1 aliphatic heterocycles. The molecule has 28 heavy (non-hydrogen) atoms. The van der Waals surface area contributed by atoms with Gasteiger partial charge in [-0.1, -0.05) is 36.8 Å². The van der Waals surface area contributed by atoms with Gasteiger partial charge in [-0.15, -0.1) is 11.8 Å². The number of carbonyl (C=O) groups is 1. The number of nitrogens with zero attached hydrogens (tertiary/aromatic N) is 2. The fourth-order valence-corrected chi connectivity index (χ4v) is 4.54. The highest BCUT2D eigenvalue weighted by molar-refractivity contribution is 7.98. The van der Waals surface area contributed by atoms with Gasteiger partial charge in [0.05, 0.1) is 11.6 Å². The lowest BCUT2D eigenvalue weighted by atomic mass is 9.92. The fourth-order valence-electron chi connectivity index (χ4n) is 4.13. The third kappa shape index (κ3) is 3.77. The third-order valence-corrected chi connectivity index (χ3v) is 6.26. The van der Waals surface area contributed by atoms with Crippen molar-refractivity contribution in [1.29, 1.82) is 0 Å². The number of benzene rings is 2. The second-order valence-electron chi connectivity index (χ2n) is 7.22. The zero-order valence-electron chi connectivity index (χ0n) is 15.9. The van der Waals surface area contributed by atoms with Crippen molar-refractivity contribution < 1.29 is 9.90 Å². The van der Waals surface area contributed by atoms with E-state index < -0.39 is 12.0 Å². The lowest BCUT2D eigenvalue weighted by Crippen LogP contribution is -2.46. The molecular weight excluding hydrogens is 368 g/mol. The number of hydrogen-bond donors (Lipinski definition) is 1. The number of piperidine rings is 1. The van der Waals surface area contributed by atoms with Crippen LogP contribution in [-0.4, -0.2) is 39.8 Å². The predicted octanol–water partition coefficient (Wildman–Crippen LogP) is 4.99. The minimum atomic E-state index is -0.737. The summed E-state index contributed by atoms with van der Waals surface area (Å²) in [5, 5.41) is 10.9. The molecule has 1 aliphatic rings. The van der Waals surface area contributed by atoms with Crippen molar-refractivity contribution in [2.24, 2.45) is 0 Å². The number of aliphatic carboxylic acids is 1. The van der Waals surface area contributed by atoms with Crippen molar-refractivity contribution in [2.75, 3.05) is 12.8 Å². The van der Waals surface area contributed by atoms with Crippen LogP contribution >= 0.6 is 11.8 Å². The number of hydrogen-bond acceptors (Lipinski definition) is 4. The van der Waals surface area contributed by atoms with Crippen LogP contribution in [0.3, 0.4) is 0 Å². The van der Waals surface area contributed by atoms with Gasteiger partial charge in [-0.2, -0.15) is 0 Å². The van der Waals surface area contributed by atoms with Crippen molar-refractivity contribution in [3.8, 4) is 0 Å². The van der Waals surface area contributed by atoms with E-state index >= 15 is 0 Å². The van der Waals surface area contributed by atoms with Gasteiger partial charge < -0.3 is 5.11 Å². The van der Waals surface area contributed by atoms with E-state index in [1.165, 1.54) is 4.90 Å². The Balaban J connectivity index is 1.82. The second-order valence-corrected chi connectivity index (χ2v) is 8.10. The lowest BCUT2D eigenvalue weighted by Gasteiger charge is -2.39. The first-order valence-corrected chi connectivity index (χ1v) is 10.9. The summed E-state index contributed by atoms with van der Waals surface area (Å²) in [5.74, 6) is -0.737. The number of carboxylic acid groups (broad SMARTS) is 1. The minimum Gasteiger partial charge on any atom is -0.480 e. The number of rotatable bonds is 5. The van der Waals surface area contributed by atoms with Crippen LogP contribution in [0.5, 0.6) is 0 Å². The van der Waals surface area contributed by atoms with E-state index in [9.17, 15) is 9.90 Å². The van der Waals surface area contributed by atoms with Crippen molar-refractivity contribution in [2.45, 2.75) is 36.2 Å². The molecule has 4 rings (SSSR count). The zero-order valence-corrected chi connectivity index (χ0v) is 16.7. The summed E-state index contributed by atoms with van der Waals surface area (Å²) < 4.78 is 0. The van der Waals surface area contributed by atoms with E-state index in [4.69, 9.17) is 0 Å². The van der Waals surface area contributed by atoms with Crippen LogP contribution in [0, 0.1) is 0 Å². The molecule has 2 heterocycles. The Morgan fingerprint density at radius 1 is 1.14 bits per heavy atom. The molecule has 1 fully saturated rings. The first kappa shape index (κ1) is 19.0. The van der Waals surface area contributed by atoms with E-state index in [1.807, 2.05) is 24.4 Å². The molecular formula is C23H24N2O2S. The summed E-state index contributed by atoms with van der Waals surface area (Å²) in [5.41, 5.74) is 3.11. The highest BCUT2D eigenvalue weighted by Crippen LogP contribution is 2.35. The smallest absolute Gasteiger partial charge is 0.320 e. The van der Waals surface area contributed by atoms with Gasteiger partial charge in [-0.05, 0) is 61.0 Å². The number of pyridine rings is 1. The van der Waals surface area contributed by atoms with Gasteiger partial charge in [0.15, 0.2) is 0 Å². The fraction of sp³-hybridized carbons (Fsp3) is 0.304. The van der Waals surface area contributed by atoms with Gasteiger partial charge in [-0.3, -0.25) is 14.7 Å². The zero-order chi connectivity index (χ0) is 19.5. The van der Waals surface area contributed by atoms with Crippen LogP contribution in [0.4, 0.5) is 0 Å². The largest absolute Gasteiger partial charge is 0.480 e. The lowest BCUT2D eigenvalue weighted by molar-refractivity contribution is -0.145. The van der Waals surface area contributed by atoms with E-state index in [0.29, 0.717) is 6.42 Å². The molecule has 1 aromatic heterocycles. The van der Waals surface area contributed by atoms with E-state index in [0.717, 1.165) is 41.4 Å². The number of para-hydroxylation sites is 1. The molecule has 3 aromatic rings. The Morgan fingerprint density at radius 2 is 1.93 bits per heavy atom. The molecule has 144 valence electrons.